The molecule has 0 saturated carbocycles. The molecule has 0 saturated heterocycles. The summed E-state index contributed by atoms with van der Waals surface area (Å²) in [5, 5.41) is 14.3. The molecule has 0 fully saturated rings. The number of carbonyl (C=O) groups is 1. The highest BCUT2D eigenvalue weighted by Gasteiger charge is 2.21. The number of benzene rings is 1. The molecule has 0 aliphatic heterocycles. The Morgan fingerprint density at radius 1 is 1.43 bits per heavy atom. The molecule has 1 atom stereocenters. The van der Waals surface area contributed by atoms with E-state index in [2.05, 4.69) is 10.5 Å². The molecule has 116 valence electrons. The van der Waals surface area contributed by atoms with E-state index in [0.29, 0.717) is 17.9 Å². The summed E-state index contributed by atoms with van der Waals surface area (Å²) in [7, 11) is 3.12. The number of oxime groups is 1. The van der Waals surface area contributed by atoms with E-state index >= 15 is 0 Å². The summed E-state index contributed by atoms with van der Waals surface area (Å²) in [6.07, 6.45) is 0.446. The van der Waals surface area contributed by atoms with Gasteiger partial charge in [-0.25, -0.2) is 0 Å². The number of nitrogens with two attached hydrogens (primary N) is 1. The van der Waals surface area contributed by atoms with Gasteiger partial charge >= 0.3 is 0 Å². The minimum absolute atomic E-state index is 0.100. The molecule has 0 aliphatic carbocycles. The first-order chi connectivity index (χ1) is 10.1. The maximum absolute atomic E-state index is 12.0. The molecule has 0 aromatic heterocycles. The zero-order valence-corrected chi connectivity index (χ0v) is 12.4. The van der Waals surface area contributed by atoms with Crippen molar-refractivity contribution in [2.24, 2.45) is 16.8 Å². The second-order valence-corrected chi connectivity index (χ2v) is 4.38. The van der Waals surface area contributed by atoms with E-state index in [1.165, 1.54) is 0 Å². The fraction of sp³-hybridized carbons (Fsp3) is 0.429. The second-order valence-electron chi connectivity index (χ2n) is 4.38. The normalized spacial score (nSPS) is 12.6. The van der Waals surface area contributed by atoms with Crippen molar-refractivity contribution in [3.8, 4) is 11.5 Å². The number of ether oxygens (including phenoxy) is 2. The van der Waals surface area contributed by atoms with Gasteiger partial charge in [0.15, 0.2) is 5.84 Å². The first-order valence-electron chi connectivity index (χ1n) is 6.53. The van der Waals surface area contributed by atoms with E-state index in [-0.39, 0.29) is 18.3 Å². The van der Waals surface area contributed by atoms with Crippen LogP contribution < -0.4 is 20.5 Å². The van der Waals surface area contributed by atoms with Crippen molar-refractivity contribution in [3.05, 3.63) is 23.8 Å². The number of nitrogens with one attached hydrogen (secondary N) is 1. The molecule has 1 rings (SSSR count). The van der Waals surface area contributed by atoms with Crippen molar-refractivity contribution in [1.29, 1.82) is 0 Å². The van der Waals surface area contributed by atoms with Crippen molar-refractivity contribution in [2.45, 2.75) is 19.9 Å². The van der Waals surface area contributed by atoms with Gasteiger partial charge in [-0.15, -0.1) is 0 Å². The zero-order valence-electron chi connectivity index (χ0n) is 12.4. The summed E-state index contributed by atoms with van der Waals surface area (Å²) >= 11 is 0. The Kier molecular flexibility index (Phi) is 6.32. The second kappa shape index (κ2) is 7.98. The van der Waals surface area contributed by atoms with Crippen LogP contribution in [0.15, 0.2) is 23.4 Å². The average molecular weight is 295 g/mol. The van der Waals surface area contributed by atoms with E-state index in [1.807, 2.05) is 6.07 Å². The Hall–Kier alpha value is -2.44. The summed E-state index contributed by atoms with van der Waals surface area (Å²) in [6, 6.07) is 5.33. The van der Waals surface area contributed by atoms with Gasteiger partial charge in [0.1, 0.15) is 11.5 Å². The first kappa shape index (κ1) is 16.6. The van der Waals surface area contributed by atoms with Gasteiger partial charge in [0.25, 0.3) is 0 Å². The van der Waals surface area contributed by atoms with Crippen LogP contribution in [0, 0.1) is 5.92 Å². The van der Waals surface area contributed by atoms with E-state index in [4.69, 9.17) is 20.4 Å². The van der Waals surface area contributed by atoms with Crippen LogP contribution in [0.2, 0.25) is 0 Å². The Morgan fingerprint density at radius 3 is 2.67 bits per heavy atom. The van der Waals surface area contributed by atoms with Gasteiger partial charge in [0.05, 0.1) is 20.1 Å². The highest BCUT2D eigenvalue weighted by atomic mass is 16.5. The van der Waals surface area contributed by atoms with Gasteiger partial charge in [-0.1, -0.05) is 12.1 Å². The lowest BCUT2D eigenvalue weighted by Crippen LogP contribution is -2.38. The van der Waals surface area contributed by atoms with Gasteiger partial charge in [-0.2, -0.15) is 0 Å². The van der Waals surface area contributed by atoms with E-state index < -0.39 is 5.92 Å². The Labute approximate surface area is 123 Å². The lowest BCUT2D eigenvalue weighted by molar-refractivity contribution is -0.123. The van der Waals surface area contributed by atoms with Crippen LogP contribution in [-0.4, -0.2) is 31.2 Å². The summed E-state index contributed by atoms with van der Waals surface area (Å²) in [5.41, 5.74) is 6.30. The molecule has 7 nitrogen and oxygen atoms in total. The van der Waals surface area contributed by atoms with Crippen molar-refractivity contribution in [1.82, 2.24) is 5.32 Å². The maximum atomic E-state index is 12.0. The summed E-state index contributed by atoms with van der Waals surface area (Å²) < 4.78 is 10.4. The quantitative estimate of drug-likeness (QED) is 0.302. The van der Waals surface area contributed by atoms with Gasteiger partial charge < -0.3 is 25.7 Å². The molecule has 21 heavy (non-hydrogen) atoms. The van der Waals surface area contributed by atoms with Crippen molar-refractivity contribution in [3.63, 3.8) is 0 Å². The highest BCUT2D eigenvalue weighted by Crippen LogP contribution is 2.24. The molecule has 0 bridgehead atoms. The Morgan fingerprint density at radius 2 is 2.14 bits per heavy atom. The molecule has 1 unspecified atom stereocenters. The number of amides is 1. The number of hydrogen-bond donors (Lipinski definition) is 3. The van der Waals surface area contributed by atoms with Gasteiger partial charge in [0, 0.05) is 18.2 Å². The molecule has 4 N–H and O–H groups in total. The van der Waals surface area contributed by atoms with Crippen LogP contribution in [0.25, 0.3) is 0 Å². The first-order valence-corrected chi connectivity index (χ1v) is 6.53. The molecule has 0 aliphatic rings. The molecule has 7 heteroatoms. The lowest BCUT2D eigenvalue weighted by atomic mass is 10.0. The van der Waals surface area contributed by atoms with E-state index in [9.17, 15) is 4.79 Å². The lowest BCUT2D eigenvalue weighted by Gasteiger charge is -2.15. The average Bonchev–Trinajstić information content (AvgIpc) is 2.52. The topological polar surface area (TPSA) is 106 Å². The molecule has 1 amide bonds. The summed E-state index contributed by atoms with van der Waals surface area (Å²) in [5.74, 6) is 0.234. The third-order valence-electron chi connectivity index (χ3n) is 3.14. The highest BCUT2D eigenvalue weighted by molar-refractivity contribution is 6.01. The minimum Gasteiger partial charge on any atom is -0.497 e. The van der Waals surface area contributed by atoms with Crippen LogP contribution in [0.5, 0.6) is 11.5 Å². The molecule has 1 aromatic carbocycles. The standard InChI is InChI=1S/C14H21N3O4/c1-4-11(13(15)17-19)14(18)16-8-9-5-6-10(20-2)7-12(9)21-3/h5-7,11,19H,4,8H2,1-3H3,(H2,15,17)(H,16,18). The smallest absolute Gasteiger partial charge is 0.231 e. The molecule has 0 radical (unpaired) electrons. The van der Waals surface area contributed by atoms with Gasteiger partial charge in [0.2, 0.25) is 5.91 Å². The maximum Gasteiger partial charge on any atom is 0.231 e. The Bertz CT molecular complexity index is 517. The number of rotatable bonds is 7. The van der Waals surface area contributed by atoms with Crippen LogP contribution in [0.3, 0.4) is 0 Å². The third kappa shape index (κ3) is 4.27. The molecular weight excluding hydrogens is 274 g/mol. The van der Waals surface area contributed by atoms with Gasteiger partial charge in [-0.05, 0) is 18.6 Å². The van der Waals surface area contributed by atoms with Crippen molar-refractivity contribution in [2.75, 3.05) is 14.2 Å². The predicted octanol–water partition coefficient (Wildman–Crippen LogP) is 1.09. The van der Waals surface area contributed by atoms with Crippen molar-refractivity contribution >= 4 is 11.7 Å². The van der Waals surface area contributed by atoms with Crippen LogP contribution >= 0.6 is 0 Å². The zero-order chi connectivity index (χ0) is 15.8. The Balaban J connectivity index is 2.77. The fourth-order valence-electron chi connectivity index (χ4n) is 1.90. The van der Waals surface area contributed by atoms with Gasteiger partial charge in [-0.3, -0.25) is 4.79 Å². The number of methoxy groups -OCH3 is 2. The molecule has 0 heterocycles. The van der Waals surface area contributed by atoms with E-state index in [0.717, 1.165) is 5.56 Å². The molecule has 1 aromatic rings. The van der Waals surface area contributed by atoms with Crippen LogP contribution in [0.4, 0.5) is 0 Å². The van der Waals surface area contributed by atoms with Crippen LogP contribution in [-0.2, 0) is 11.3 Å². The molecular formula is C14H21N3O4. The number of hydrogen-bond acceptors (Lipinski definition) is 5. The monoisotopic (exact) mass is 295 g/mol. The predicted molar refractivity (Wildman–Crippen MR) is 78.6 cm³/mol. The van der Waals surface area contributed by atoms with E-state index in [1.54, 1.807) is 33.3 Å². The fourth-order valence-corrected chi connectivity index (χ4v) is 1.90. The SMILES string of the molecule is CCC(C(=O)NCc1ccc(OC)cc1OC)C(N)=NO. The largest absolute Gasteiger partial charge is 0.497 e. The minimum atomic E-state index is -0.653. The number of amidine groups is 1. The summed E-state index contributed by atoms with van der Waals surface area (Å²) in [4.78, 5) is 12.0. The van der Waals surface area contributed by atoms with Crippen molar-refractivity contribution < 1.29 is 19.5 Å². The summed E-state index contributed by atoms with van der Waals surface area (Å²) in [6.45, 7) is 2.07. The molecule has 0 spiro atoms. The van der Waals surface area contributed by atoms with Crippen LogP contribution in [0.1, 0.15) is 18.9 Å². The third-order valence-corrected chi connectivity index (χ3v) is 3.14. The number of nitrogens with zero attached hydrogens (tertiary/aromatic N) is 1. The number of carbonyl (C=O) groups excluding carboxylic acids is 1.